The average Bonchev–Trinajstić information content (AvgIpc) is 2.94. The van der Waals surface area contributed by atoms with Crippen molar-refractivity contribution in [1.29, 1.82) is 5.26 Å². The van der Waals surface area contributed by atoms with Crippen LogP contribution in [0.25, 0.3) is 0 Å². The van der Waals surface area contributed by atoms with Crippen molar-refractivity contribution in [3.63, 3.8) is 0 Å². The number of hydrogen-bond acceptors (Lipinski definition) is 5. The fourth-order valence-electron chi connectivity index (χ4n) is 2.54. The van der Waals surface area contributed by atoms with Crippen LogP contribution in [0, 0.1) is 11.3 Å². The molecular weight excluding hydrogens is 322 g/mol. The normalized spacial score (nSPS) is 19.8. The summed E-state index contributed by atoms with van der Waals surface area (Å²) >= 11 is 0. The Morgan fingerprint density at radius 2 is 2.00 bits per heavy atom. The van der Waals surface area contributed by atoms with Gasteiger partial charge in [0.2, 0.25) is 0 Å². The summed E-state index contributed by atoms with van der Waals surface area (Å²) in [7, 11) is 0. The Balaban J connectivity index is 1.89. The summed E-state index contributed by atoms with van der Waals surface area (Å²) in [6, 6.07) is 10.4. The van der Waals surface area contributed by atoms with Gasteiger partial charge in [0.15, 0.2) is 0 Å². The number of carbonyl (C=O) groups is 2. The van der Waals surface area contributed by atoms with Gasteiger partial charge >= 0.3 is 12.2 Å². The third-order valence-corrected chi connectivity index (χ3v) is 3.61. The Morgan fingerprint density at radius 1 is 1.32 bits per heavy atom. The second-order valence-electron chi connectivity index (χ2n) is 6.92. The number of benzene rings is 1. The maximum absolute atomic E-state index is 12.3. The molecular formula is C18H23N3O4. The van der Waals surface area contributed by atoms with Crippen LogP contribution in [-0.2, 0) is 16.1 Å². The van der Waals surface area contributed by atoms with Gasteiger partial charge in [0.05, 0.1) is 12.1 Å². The van der Waals surface area contributed by atoms with E-state index in [1.54, 1.807) is 20.8 Å². The lowest BCUT2D eigenvalue weighted by atomic mass is 10.2. The monoisotopic (exact) mass is 345 g/mol. The van der Waals surface area contributed by atoms with Crippen molar-refractivity contribution in [2.45, 2.75) is 51.5 Å². The van der Waals surface area contributed by atoms with Crippen molar-refractivity contribution < 1.29 is 19.1 Å². The third kappa shape index (κ3) is 5.68. The van der Waals surface area contributed by atoms with Crippen LogP contribution >= 0.6 is 0 Å². The zero-order valence-corrected chi connectivity index (χ0v) is 14.7. The molecule has 1 aliphatic rings. The second-order valence-corrected chi connectivity index (χ2v) is 6.92. The predicted octanol–water partition coefficient (Wildman–Crippen LogP) is 2.81. The molecule has 0 aliphatic carbocycles. The fourth-order valence-corrected chi connectivity index (χ4v) is 2.54. The Morgan fingerprint density at radius 3 is 2.60 bits per heavy atom. The van der Waals surface area contributed by atoms with E-state index < -0.39 is 23.8 Å². The fraction of sp³-hybridized carbons (Fsp3) is 0.500. The molecule has 7 heteroatoms. The number of carbonyl (C=O) groups excluding carboxylic acids is 2. The van der Waals surface area contributed by atoms with E-state index in [1.807, 2.05) is 30.3 Å². The standard InChI is InChI=1S/C18H23N3O4/c1-18(2,3)25-16(22)20-14-9-15(10-19)21(11-14)17(23)24-12-13-7-5-4-6-8-13/h4-8,14-15H,9,11-12H2,1-3H3,(H,20,22)/t14-,15-/m0/s1. The molecule has 134 valence electrons. The summed E-state index contributed by atoms with van der Waals surface area (Å²) in [6.07, 6.45) is -0.784. The minimum Gasteiger partial charge on any atom is -0.445 e. The van der Waals surface area contributed by atoms with Gasteiger partial charge in [-0.25, -0.2) is 9.59 Å². The number of ether oxygens (including phenoxy) is 2. The topological polar surface area (TPSA) is 91.7 Å². The quantitative estimate of drug-likeness (QED) is 0.909. The molecule has 0 spiro atoms. The summed E-state index contributed by atoms with van der Waals surface area (Å²) in [6.45, 7) is 5.66. The average molecular weight is 345 g/mol. The highest BCUT2D eigenvalue weighted by molar-refractivity contribution is 5.71. The first-order chi connectivity index (χ1) is 11.8. The van der Waals surface area contributed by atoms with Gasteiger partial charge in [0.1, 0.15) is 18.2 Å². The number of nitrogens with one attached hydrogen (secondary N) is 1. The van der Waals surface area contributed by atoms with E-state index in [4.69, 9.17) is 9.47 Å². The van der Waals surface area contributed by atoms with E-state index in [2.05, 4.69) is 11.4 Å². The maximum atomic E-state index is 12.3. The summed E-state index contributed by atoms with van der Waals surface area (Å²) < 4.78 is 10.5. The SMILES string of the molecule is CC(C)(C)OC(=O)N[C@H]1C[C@@H](C#N)N(C(=O)OCc2ccccc2)C1. The van der Waals surface area contributed by atoms with Crippen molar-refractivity contribution >= 4 is 12.2 Å². The lowest BCUT2D eigenvalue weighted by Gasteiger charge is -2.22. The molecule has 2 amide bonds. The predicted molar refractivity (Wildman–Crippen MR) is 90.5 cm³/mol. The van der Waals surface area contributed by atoms with Crippen molar-refractivity contribution in [1.82, 2.24) is 10.2 Å². The molecule has 25 heavy (non-hydrogen) atoms. The number of nitriles is 1. The van der Waals surface area contributed by atoms with Gasteiger partial charge < -0.3 is 14.8 Å². The van der Waals surface area contributed by atoms with Crippen LogP contribution in [0.5, 0.6) is 0 Å². The van der Waals surface area contributed by atoms with Crippen molar-refractivity contribution in [2.24, 2.45) is 0 Å². The number of likely N-dealkylation sites (tertiary alicyclic amines) is 1. The van der Waals surface area contributed by atoms with Gasteiger partial charge in [0.25, 0.3) is 0 Å². The minimum atomic E-state index is -0.636. The zero-order chi connectivity index (χ0) is 18.4. The van der Waals surface area contributed by atoms with Crippen LogP contribution in [0.4, 0.5) is 9.59 Å². The van der Waals surface area contributed by atoms with Gasteiger partial charge in [-0.05, 0) is 26.3 Å². The zero-order valence-electron chi connectivity index (χ0n) is 14.7. The van der Waals surface area contributed by atoms with Crippen LogP contribution in [-0.4, -0.2) is 41.3 Å². The summed E-state index contributed by atoms with van der Waals surface area (Å²) in [5.41, 5.74) is 0.262. The van der Waals surface area contributed by atoms with Crippen LogP contribution in [0.3, 0.4) is 0 Å². The number of alkyl carbamates (subject to hydrolysis) is 1. The first-order valence-electron chi connectivity index (χ1n) is 8.15. The molecule has 0 aromatic heterocycles. The molecule has 1 aliphatic heterocycles. The molecule has 2 rings (SSSR count). The molecule has 0 bridgehead atoms. The Bertz CT molecular complexity index is 649. The van der Waals surface area contributed by atoms with Gasteiger partial charge in [-0.2, -0.15) is 5.26 Å². The van der Waals surface area contributed by atoms with Crippen LogP contribution in [0.1, 0.15) is 32.8 Å². The molecule has 1 heterocycles. The van der Waals surface area contributed by atoms with Crippen molar-refractivity contribution in [3.8, 4) is 6.07 Å². The van der Waals surface area contributed by atoms with E-state index in [-0.39, 0.29) is 19.2 Å². The largest absolute Gasteiger partial charge is 0.445 e. The van der Waals surface area contributed by atoms with E-state index in [0.29, 0.717) is 6.42 Å². The first kappa shape index (κ1) is 18.6. The maximum Gasteiger partial charge on any atom is 0.411 e. The molecule has 0 saturated carbocycles. The third-order valence-electron chi connectivity index (χ3n) is 3.61. The molecule has 1 aromatic carbocycles. The Labute approximate surface area is 147 Å². The Hall–Kier alpha value is -2.75. The highest BCUT2D eigenvalue weighted by Gasteiger charge is 2.37. The van der Waals surface area contributed by atoms with Crippen LogP contribution < -0.4 is 5.32 Å². The molecule has 0 radical (unpaired) electrons. The summed E-state index contributed by atoms with van der Waals surface area (Å²) in [5, 5.41) is 12.0. The lowest BCUT2D eigenvalue weighted by Crippen LogP contribution is -2.41. The van der Waals surface area contributed by atoms with Crippen molar-refractivity contribution in [2.75, 3.05) is 6.54 Å². The van der Waals surface area contributed by atoms with E-state index in [1.165, 1.54) is 4.90 Å². The summed E-state index contributed by atoms with van der Waals surface area (Å²) in [5.74, 6) is 0. The minimum absolute atomic E-state index is 0.137. The molecule has 0 unspecified atom stereocenters. The van der Waals surface area contributed by atoms with Crippen molar-refractivity contribution in [3.05, 3.63) is 35.9 Å². The molecule has 1 saturated heterocycles. The smallest absolute Gasteiger partial charge is 0.411 e. The molecule has 1 fully saturated rings. The number of amides is 2. The molecule has 1 N–H and O–H groups in total. The van der Waals surface area contributed by atoms with Gasteiger partial charge in [0, 0.05) is 13.0 Å². The Kier molecular flexibility index (Phi) is 5.86. The van der Waals surface area contributed by atoms with Gasteiger partial charge in [-0.3, -0.25) is 4.90 Å². The molecule has 2 atom stereocenters. The highest BCUT2D eigenvalue weighted by atomic mass is 16.6. The van der Waals surface area contributed by atoms with E-state index >= 15 is 0 Å². The number of rotatable bonds is 3. The van der Waals surface area contributed by atoms with Crippen LogP contribution in [0.15, 0.2) is 30.3 Å². The van der Waals surface area contributed by atoms with E-state index in [9.17, 15) is 14.9 Å². The van der Waals surface area contributed by atoms with Gasteiger partial charge in [-0.15, -0.1) is 0 Å². The molecule has 1 aromatic rings. The van der Waals surface area contributed by atoms with E-state index in [0.717, 1.165) is 5.56 Å². The number of hydrogen-bond donors (Lipinski definition) is 1. The highest BCUT2D eigenvalue weighted by Crippen LogP contribution is 2.19. The first-order valence-corrected chi connectivity index (χ1v) is 8.15. The summed E-state index contributed by atoms with van der Waals surface area (Å²) in [4.78, 5) is 25.4. The van der Waals surface area contributed by atoms with Crippen LogP contribution in [0.2, 0.25) is 0 Å². The van der Waals surface area contributed by atoms with Gasteiger partial charge in [-0.1, -0.05) is 30.3 Å². The number of nitrogens with zero attached hydrogens (tertiary/aromatic N) is 2. The lowest BCUT2D eigenvalue weighted by molar-refractivity contribution is 0.0502. The molecule has 7 nitrogen and oxygen atoms in total. The second kappa shape index (κ2) is 7.88.